The number of hydrogen-bond donors (Lipinski definition) is 1. The van der Waals surface area contributed by atoms with E-state index in [1.165, 1.54) is 11.8 Å². The molecule has 0 fully saturated rings. The molecular formula is C13H14N4OS. The number of thioether (sulfide) groups is 1. The van der Waals surface area contributed by atoms with Gasteiger partial charge in [-0.2, -0.15) is 0 Å². The Morgan fingerprint density at radius 2 is 2.00 bits per heavy atom. The fraction of sp³-hybridized carbons (Fsp3) is 0.231. The van der Waals surface area contributed by atoms with Gasteiger partial charge in [0.2, 0.25) is 5.16 Å². The zero-order valence-electron chi connectivity index (χ0n) is 10.7. The van der Waals surface area contributed by atoms with Crippen LogP contribution >= 0.6 is 11.8 Å². The molecule has 0 aliphatic rings. The lowest BCUT2D eigenvalue weighted by molar-refractivity contribution is 0.0939. The van der Waals surface area contributed by atoms with Gasteiger partial charge in [0.25, 0.3) is 5.91 Å². The second kappa shape index (κ2) is 6.29. The van der Waals surface area contributed by atoms with Crippen molar-refractivity contribution in [1.82, 2.24) is 20.5 Å². The number of rotatable bonds is 4. The number of amides is 1. The van der Waals surface area contributed by atoms with E-state index in [0.717, 1.165) is 0 Å². The zero-order chi connectivity index (χ0) is 13.7. The summed E-state index contributed by atoms with van der Waals surface area (Å²) < 4.78 is 0. The van der Waals surface area contributed by atoms with Crippen molar-refractivity contribution in [2.24, 2.45) is 0 Å². The molecule has 5 nitrogen and oxygen atoms in total. The van der Waals surface area contributed by atoms with E-state index >= 15 is 0 Å². The fourth-order valence-electron chi connectivity index (χ4n) is 1.51. The smallest absolute Gasteiger partial charge is 0.251 e. The topological polar surface area (TPSA) is 67.8 Å². The molecule has 2 aromatic rings. The molecule has 0 spiro atoms. The molecule has 0 aliphatic heterocycles. The van der Waals surface area contributed by atoms with E-state index in [9.17, 15) is 4.79 Å². The first-order chi connectivity index (χ1) is 9.20. The Balaban J connectivity index is 2.04. The van der Waals surface area contributed by atoms with Crippen molar-refractivity contribution in [2.45, 2.75) is 18.1 Å². The van der Waals surface area contributed by atoms with Crippen LogP contribution in [0.15, 0.2) is 41.7 Å². The summed E-state index contributed by atoms with van der Waals surface area (Å²) in [6.07, 6.45) is 3.52. The lowest BCUT2D eigenvalue weighted by atomic mass is 10.2. The normalized spacial score (nSPS) is 11.9. The number of hydrogen-bond acceptors (Lipinski definition) is 5. The molecule has 1 aromatic carbocycles. The first kappa shape index (κ1) is 13.5. The van der Waals surface area contributed by atoms with Crippen molar-refractivity contribution in [2.75, 3.05) is 6.26 Å². The number of carbonyl (C=O) groups excluding carboxylic acids is 1. The molecule has 6 heteroatoms. The van der Waals surface area contributed by atoms with Crippen LogP contribution in [-0.2, 0) is 0 Å². The highest BCUT2D eigenvalue weighted by molar-refractivity contribution is 7.98. The lowest BCUT2D eigenvalue weighted by Crippen LogP contribution is -2.27. The van der Waals surface area contributed by atoms with E-state index in [2.05, 4.69) is 20.5 Å². The van der Waals surface area contributed by atoms with Crippen molar-refractivity contribution in [3.05, 3.63) is 47.8 Å². The van der Waals surface area contributed by atoms with Gasteiger partial charge in [-0.05, 0) is 25.3 Å². The maximum absolute atomic E-state index is 12.0. The van der Waals surface area contributed by atoms with Crippen molar-refractivity contribution in [1.29, 1.82) is 0 Å². The number of aromatic nitrogens is 3. The van der Waals surface area contributed by atoms with Crippen LogP contribution in [0.3, 0.4) is 0 Å². The second-order valence-electron chi connectivity index (χ2n) is 3.93. The van der Waals surface area contributed by atoms with Gasteiger partial charge in [0, 0.05) is 5.56 Å². The molecule has 0 aliphatic carbocycles. The van der Waals surface area contributed by atoms with Crippen molar-refractivity contribution in [3.63, 3.8) is 0 Å². The van der Waals surface area contributed by atoms with E-state index in [1.54, 1.807) is 18.3 Å². The van der Waals surface area contributed by atoms with Crippen LogP contribution in [-0.4, -0.2) is 27.3 Å². The number of carbonyl (C=O) groups is 1. The van der Waals surface area contributed by atoms with E-state index < -0.39 is 0 Å². The SMILES string of the molecule is CSc1ncc([C@H](C)NC(=O)c2ccccc2)nn1. The Morgan fingerprint density at radius 1 is 1.26 bits per heavy atom. The number of benzene rings is 1. The summed E-state index contributed by atoms with van der Waals surface area (Å²) in [6.45, 7) is 1.85. The van der Waals surface area contributed by atoms with Crippen molar-refractivity contribution >= 4 is 17.7 Å². The highest BCUT2D eigenvalue weighted by Crippen LogP contribution is 2.11. The predicted octanol–water partition coefficient (Wildman–Crippen LogP) is 2.08. The third-order valence-corrected chi connectivity index (χ3v) is 3.12. The quantitative estimate of drug-likeness (QED) is 0.865. The Kier molecular flexibility index (Phi) is 4.46. The molecule has 1 aromatic heterocycles. The molecule has 1 atom stereocenters. The summed E-state index contributed by atoms with van der Waals surface area (Å²) in [5.74, 6) is -0.135. The maximum Gasteiger partial charge on any atom is 0.251 e. The summed E-state index contributed by atoms with van der Waals surface area (Å²) in [6, 6.07) is 8.83. The summed E-state index contributed by atoms with van der Waals surface area (Å²) in [5.41, 5.74) is 1.26. The highest BCUT2D eigenvalue weighted by atomic mass is 32.2. The molecule has 1 amide bonds. The monoisotopic (exact) mass is 274 g/mol. The van der Waals surface area contributed by atoms with Gasteiger partial charge in [0.1, 0.15) is 5.69 Å². The minimum Gasteiger partial charge on any atom is -0.344 e. The van der Waals surface area contributed by atoms with Crippen LogP contribution in [0.2, 0.25) is 0 Å². The number of nitrogens with one attached hydrogen (secondary N) is 1. The first-order valence-corrected chi connectivity index (χ1v) is 7.02. The zero-order valence-corrected chi connectivity index (χ0v) is 11.5. The third-order valence-electron chi connectivity index (χ3n) is 2.57. The van der Waals surface area contributed by atoms with Gasteiger partial charge in [-0.1, -0.05) is 30.0 Å². The van der Waals surface area contributed by atoms with Crippen LogP contribution in [0.25, 0.3) is 0 Å². The summed E-state index contributed by atoms with van der Waals surface area (Å²) in [7, 11) is 0. The predicted molar refractivity (Wildman–Crippen MR) is 73.9 cm³/mol. The standard InChI is InChI=1S/C13H14N4OS/c1-9(11-8-14-13(19-2)17-16-11)15-12(18)10-6-4-3-5-7-10/h3-9H,1-2H3,(H,15,18)/t9-/m0/s1. The molecule has 0 unspecified atom stereocenters. The molecule has 0 saturated heterocycles. The molecule has 19 heavy (non-hydrogen) atoms. The minimum absolute atomic E-state index is 0.135. The summed E-state index contributed by atoms with van der Waals surface area (Å²) in [4.78, 5) is 16.1. The molecule has 98 valence electrons. The van der Waals surface area contributed by atoms with E-state index in [4.69, 9.17) is 0 Å². The van der Waals surface area contributed by atoms with Gasteiger partial charge in [0.15, 0.2) is 0 Å². The van der Waals surface area contributed by atoms with Gasteiger partial charge >= 0.3 is 0 Å². The van der Waals surface area contributed by atoms with Crippen LogP contribution in [0.5, 0.6) is 0 Å². The van der Waals surface area contributed by atoms with Crippen molar-refractivity contribution in [3.8, 4) is 0 Å². The van der Waals surface area contributed by atoms with Gasteiger partial charge < -0.3 is 5.32 Å². The van der Waals surface area contributed by atoms with E-state index in [0.29, 0.717) is 16.4 Å². The Bertz CT molecular complexity index is 544. The van der Waals surface area contributed by atoms with Crippen LogP contribution in [0.1, 0.15) is 29.0 Å². The van der Waals surface area contributed by atoms with Crippen molar-refractivity contribution < 1.29 is 4.79 Å². The fourth-order valence-corrected chi connectivity index (χ4v) is 1.79. The molecule has 2 rings (SSSR count). The van der Waals surface area contributed by atoms with Gasteiger partial charge in [-0.25, -0.2) is 4.98 Å². The molecule has 0 saturated carbocycles. The molecular weight excluding hydrogens is 260 g/mol. The van der Waals surface area contributed by atoms with Crippen LogP contribution < -0.4 is 5.32 Å². The van der Waals surface area contributed by atoms with Gasteiger partial charge in [0.05, 0.1) is 12.2 Å². The molecule has 0 radical (unpaired) electrons. The maximum atomic E-state index is 12.0. The highest BCUT2D eigenvalue weighted by Gasteiger charge is 2.13. The molecule has 1 N–H and O–H groups in total. The Morgan fingerprint density at radius 3 is 2.58 bits per heavy atom. The van der Waals surface area contributed by atoms with Crippen LogP contribution in [0.4, 0.5) is 0 Å². The first-order valence-electron chi connectivity index (χ1n) is 5.80. The molecule has 1 heterocycles. The lowest BCUT2D eigenvalue weighted by Gasteiger charge is -2.12. The largest absolute Gasteiger partial charge is 0.344 e. The summed E-state index contributed by atoms with van der Waals surface area (Å²) >= 11 is 1.43. The van der Waals surface area contributed by atoms with E-state index in [-0.39, 0.29) is 11.9 Å². The molecule has 0 bridgehead atoms. The van der Waals surface area contributed by atoms with Crippen LogP contribution in [0, 0.1) is 0 Å². The third kappa shape index (κ3) is 3.51. The van der Waals surface area contributed by atoms with Gasteiger partial charge in [-0.15, -0.1) is 10.2 Å². The second-order valence-corrected chi connectivity index (χ2v) is 4.70. The Labute approximate surface area is 115 Å². The average Bonchev–Trinajstić information content (AvgIpc) is 2.48. The minimum atomic E-state index is -0.233. The van der Waals surface area contributed by atoms with E-state index in [1.807, 2.05) is 31.4 Å². The Hall–Kier alpha value is -1.95. The summed E-state index contributed by atoms with van der Waals surface area (Å²) in [5, 5.41) is 11.5. The number of nitrogens with zero attached hydrogens (tertiary/aromatic N) is 3. The average molecular weight is 274 g/mol. The van der Waals surface area contributed by atoms with Gasteiger partial charge in [-0.3, -0.25) is 4.79 Å².